The number of aromatic nitrogens is 4. The highest BCUT2D eigenvalue weighted by atomic mass is 19.4. The molecular weight excluding hydrogens is 543 g/mol. The van der Waals surface area contributed by atoms with Crippen LogP contribution in [-0.4, -0.2) is 45.7 Å². The summed E-state index contributed by atoms with van der Waals surface area (Å²) in [4.78, 5) is 21.5. The van der Waals surface area contributed by atoms with E-state index in [1.165, 1.54) is 44.1 Å². The molecule has 1 aliphatic rings. The number of carbonyl (C=O) groups excluding carboxylic acids is 1. The molecule has 3 aromatic heterocycles. The van der Waals surface area contributed by atoms with Gasteiger partial charge in [0.05, 0.1) is 31.6 Å². The van der Waals surface area contributed by atoms with Crippen LogP contribution in [-0.2, 0) is 6.54 Å². The Morgan fingerprint density at radius 2 is 1.93 bits per heavy atom. The van der Waals surface area contributed by atoms with E-state index < -0.39 is 18.0 Å². The summed E-state index contributed by atoms with van der Waals surface area (Å²) in [5, 5.41) is 7.38. The number of fused-ring (bicyclic) bond motifs is 1. The van der Waals surface area contributed by atoms with Gasteiger partial charge in [0.25, 0.3) is 5.91 Å². The van der Waals surface area contributed by atoms with Crippen molar-refractivity contribution in [2.24, 2.45) is 5.92 Å². The lowest BCUT2D eigenvalue weighted by molar-refractivity contribution is -0.275. The highest BCUT2D eigenvalue weighted by molar-refractivity contribution is 6.04. The Bertz CT molecular complexity index is 1520. The van der Waals surface area contributed by atoms with Gasteiger partial charge in [0.2, 0.25) is 0 Å². The Labute approximate surface area is 233 Å². The standard InChI is InChI=1S/C28H28F3N5O5/c1-3-11-36-15-24(39-16-17-5-4-6-17)26(35-36)27(37)34-25-8-7-18(14-33-25)40-21-9-10-32-20-13-22(38-2)23(12-19(20)21)41-28(29,30)31/h7-10,12-15,17H,3-6,11,16H2,1-2H3,(H,33,34,37). The number of nitrogens with one attached hydrogen (secondary N) is 1. The first-order chi connectivity index (χ1) is 19.7. The quantitative estimate of drug-likeness (QED) is 0.221. The molecule has 1 aliphatic carbocycles. The second-order valence-corrected chi connectivity index (χ2v) is 9.53. The number of anilines is 1. The number of halogens is 3. The second-order valence-electron chi connectivity index (χ2n) is 9.53. The maximum absolute atomic E-state index is 13.0. The third-order valence-corrected chi connectivity index (χ3v) is 6.51. The third kappa shape index (κ3) is 6.79. The number of benzene rings is 1. The van der Waals surface area contributed by atoms with Crippen molar-refractivity contribution < 1.29 is 36.9 Å². The van der Waals surface area contributed by atoms with E-state index in [1.807, 2.05) is 6.92 Å². The van der Waals surface area contributed by atoms with Gasteiger partial charge in [-0.25, -0.2) is 4.98 Å². The number of hydrogen-bond acceptors (Lipinski definition) is 8. The fourth-order valence-corrected chi connectivity index (χ4v) is 4.28. The van der Waals surface area contributed by atoms with Crippen LogP contribution in [0.3, 0.4) is 0 Å². The van der Waals surface area contributed by atoms with Crippen LogP contribution in [0.25, 0.3) is 10.9 Å². The van der Waals surface area contributed by atoms with Crippen LogP contribution in [0.15, 0.2) is 48.9 Å². The normalized spacial score (nSPS) is 13.5. The third-order valence-electron chi connectivity index (χ3n) is 6.51. The Kier molecular flexibility index (Phi) is 8.13. The molecule has 1 amide bonds. The molecule has 0 bridgehead atoms. The fraction of sp³-hybridized carbons (Fsp3) is 0.357. The Morgan fingerprint density at radius 3 is 2.59 bits per heavy atom. The number of aryl methyl sites for hydroxylation is 1. The molecule has 0 spiro atoms. The predicted octanol–water partition coefficient (Wildman–Crippen LogP) is 6.37. The molecule has 41 heavy (non-hydrogen) atoms. The lowest BCUT2D eigenvalue weighted by Gasteiger charge is -2.24. The molecule has 1 N–H and O–H groups in total. The summed E-state index contributed by atoms with van der Waals surface area (Å²) in [6, 6.07) is 7.07. The van der Waals surface area contributed by atoms with Gasteiger partial charge in [-0.05, 0) is 49.4 Å². The molecule has 0 saturated heterocycles. The largest absolute Gasteiger partial charge is 0.573 e. The molecule has 3 heterocycles. The Hall–Kier alpha value is -4.55. The molecule has 1 aromatic carbocycles. The van der Waals surface area contributed by atoms with Gasteiger partial charge in [-0.2, -0.15) is 5.10 Å². The van der Waals surface area contributed by atoms with Crippen LogP contribution in [0.1, 0.15) is 43.1 Å². The van der Waals surface area contributed by atoms with E-state index in [0.717, 1.165) is 25.3 Å². The summed E-state index contributed by atoms with van der Waals surface area (Å²) in [6.45, 7) is 3.21. The monoisotopic (exact) mass is 571 g/mol. The van der Waals surface area contributed by atoms with E-state index in [2.05, 4.69) is 25.1 Å². The highest BCUT2D eigenvalue weighted by Gasteiger charge is 2.33. The molecule has 13 heteroatoms. The van der Waals surface area contributed by atoms with Crippen molar-refractivity contribution in [2.75, 3.05) is 19.0 Å². The molecule has 0 unspecified atom stereocenters. The number of alkyl halides is 3. The van der Waals surface area contributed by atoms with Gasteiger partial charge in [0, 0.05) is 24.2 Å². The van der Waals surface area contributed by atoms with Gasteiger partial charge in [-0.15, -0.1) is 13.2 Å². The second kappa shape index (κ2) is 11.9. The molecule has 4 aromatic rings. The van der Waals surface area contributed by atoms with Crippen LogP contribution >= 0.6 is 0 Å². The average Bonchev–Trinajstić information content (AvgIpc) is 3.31. The van der Waals surface area contributed by atoms with Gasteiger partial charge in [-0.1, -0.05) is 13.3 Å². The highest BCUT2D eigenvalue weighted by Crippen LogP contribution is 2.39. The maximum atomic E-state index is 13.0. The predicted molar refractivity (Wildman–Crippen MR) is 143 cm³/mol. The Morgan fingerprint density at radius 1 is 1.10 bits per heavy atom. The van der Waals surface area contributed by atoms with Gasteiger partial charge >= 0.3 is 6.36 Å². The van der Waals surface area contributed by atoms with Crippen LogP contribution in [0, 0.1) is 5.92 Å². The lowest BCUT2D eigenvalue weighted by Crippen LogP contribution is -2.20. The molecule has 0 atom stereocenters. The molecule has 5 rings (SSSR count). The summed E-state index contributed by atoms with van der Waals surface area (Å²) in [7, 11) is 1.23. The number of pyridine rings is 2. The number of methoxy groups -OCH3 is 1. The van der Waals surface area contributed by atoms with E-state index in [0.29, 0.717) is 30.3 Å². The van der Waals surface area contributed by atoms with Crippen LogP contribution in [0.2, 0.25) is 0 Å². The fourth-order valence-electron chi connectivity index (χ4n) is 4.28. The van der Waals surface area contributed by atoms with E-state index in [4.69, 9.17) is 14.2 Å². The van der Waals surface area contributed by atoms with Crippen molar-refractivity contribution in [1.29, 1.82) is 0 Å². The number of amides is 1. The van der Waals surface area contributed by atoms with Gasteiger partial charge < -0.3 is 24.3 Å². The van der Waals surface area contributed by atoms with Crippen molar-refractivity contribution in [2.45, 2.75) is 45.5 Å². The molecular formula is C28H28F3N5O5. The lowest BCUT2D eigenvalue weighted by atomic mass is 9.86. The maximum Gasteiger partial charge on any atom is 0.573 e. The minimum absolute atomic E-state index is 0.127. The van der Waals surface area contributed by atoms with Crippen molar-refractivity contribution in [3.63, 3.8) is 0 Å². The van der Waals surface area contributed by atoms with Crippen LogP contribution in [0.5, 0.6) is 28.7 Å². The summed E-state index contributed by atoms with van der Waals surface area (Å²) in [6.07, 6.45) is 3.94. The van der Waals surface area contributed by atoms with Crippen LogP contribution < -0.4 is 24.3 Å². The van der Waals surface area contributed by atoms with Gasteiger partial charge in [0.15, 0.2) is 22.9 Å². The summed E-state index contributed by atoms with van der Waals surface area (Å²) in [5.74, 6) is 0.560. The molecule has 216 valence electrons. The molecule has 1 saturated carbocycles. The number of hydrogen-bond donors (Lipinski definition) is 1. The summed E-state index contributed by atoms with van der Waals surface area (Å²) < 4.78 is 61.4. The Balaban J connectivity index is 1.31. The molecule has 0 radical (unpaired) electrons. The topological polar surface area (TPSA) is 110 Å². The first kappa shape index (κ1) is 28.0. The number of ether oxygens (including phenoxy) is 4. The van der Waals surface area contributed by atoms with E-state index in [1.54, 1.807) is 16.9 Å². The number of nitrogens with zero attached hydrogens (tertiary/aromatic N) is 4. The first-order valence-corrected chi connectivity index (χ1v) is 13.1. The minimum atomic E-state index is -4.91. The summed E-state index contributed by atoms with van der Waals surface area (Å²) in [5.41, 5.74) is 0.513. The van der Waals surface area contributed by atoms with E-state index in [9.17, 15) is 18.0 Å². The zero-order valence-electron chi connectivity index (χ0n) is 22.4. The number of rotatable bonds is 11. The summed E-state index contributed by atoms with van der Waals surface area (Å²) >= 11 is 0. The van der Waals surface area contributed by atoms with Crippen LogP contribution in [0.4, 0.5) is 19.0 Å². The van der Waals surface area contributed by atoms with Crippen molar-refractivity contribution in [3.8, 4) is 28.7 Å². The number of carbonyl (C=O) groups is 1. The van der Waals surface area contributed by atoms with E-state index in [-0.39, 0.29) is 34.1 Å². The SMILES string of the molecule is CCCn1cc(OCC2CCC2)c(C(=O)Nc2ccc(Oc3ccnc4cc(OC)c(OC(F)(F)F)cc34)cn2)n1. The van der Waals surface area contributed by atoms with E-state index >= 15 is 0 Å². The molecule has 1 fully saturated rings. The zero-order valence-corrected chi connectivity index (χ0v) is 22.4. The molecule has 0 aliphatic heterocycles. The average molecular weight is 572 g/mol. The van der Waals surface area contributed by atoms with Gasteiger partial charge in [0.1, 0.15) is 17.3 Å². The minimum Gasteiger partial charge on any atom is -0.493 e. The van der Waals surface area contributed by atoms with Crippen molar-refractivity contribution in [1.82, 2.24) is 19.7 Å². The smallest absolute Gasteiger partial charge is 0.493 e. The van der Waals surface area contributed by atoms with Crippen molar-refractivity contribution >= 4 is 22.6 Å². The van der Waals surface area contributed by atoms with Crippen molar-refractivity contribution in [3.05, 3.63) is 54.6 Å². The zero-order chi connectivity index (χ0) is 29.0. The first-order valence-electron chi connectivity index (χ1n) is 13.1. The molecule has 10 nitrogen and oxygen atoms in total. The van der Waals surface area contributed by atoms with Gasteiger partial charge in [-0.3, -0.25) is 14.5 Å².